The number of rotatable bonds is 2. The maximum Gasteiger partial charge on any atom is 0.277 e. The van der Waals surface area contributed by atoms with E-state index >= 15 is 0 Å². The van der Waals surface area contributed by atoms with Gasteiger partial charge in [0.25, 0.3) is 5.91 Å². The SMILES string of the molecule is CONC(=O)c1cccc2cccnc12. The molecule has 1 heterocycles. The maximum atomic E-state index is 11.6. The lowest BCUT2D eigenvalue weighted by Crippen LogP contribution is -2.22. The van der Waals surface area contributed by atoms with E-state index in [4.69, 9.17) is 0 Å². The number of para-hydroxylation sites is 1. The van der Waals surface area contributed by atoms with Gasteiger partial charge in [0.1, 0.15) is 0 Å². The molecule has 0 radical (unpaired) electrons. The van der Waals surface area contributed by atoms with Crippen LogP contribution >= 0.6 is 0 Å². The summed E-state index contributed by atoms with van der Waals surface area (Å²) >= 11 is 0. The van der Waals surface area contributed by atoms with Gasteiger partial charge in [-0.15, -0.1) is 0 Å². The predicted octanol–water partition coefficient (Wildman–Crippen LogP) is 1.53. The first-order valence-electron chi connectivity index (χ1n) is 4.50. The molecule has 0 unspecified atom stereocenters. The lowest BCUT2D eigenvalue weighted by atomic mass is 10.1. The molecule has 0 aliphatic heterocycles. The molecule has 4 heteroatoms. The van der Waals surface area contributed by atoms with Crippen LogP contribution in [0.3, 0.4) is 0 Å². The van der Waals surface area contributed by atoms with E-state index in [0.29, 0.717) is 11.1 Å². The van der Waals surface area contributed by atoms with Crippen LogP contribution in [0.4, 0.5) is 0 Å². The van der Waals surface area contributed by atoms with Crippen LogP contribution in [-0.4, -0.2) is 18.0 Å². The lowest BCUT2D eigenvalue weighted by Gasteiger charge is -2.04. The minimum absolute atomic E-state index is 0.290. The number of hydroxylamine groups is 1. The summed E-state index contributed by atoms with van der Waals surface area (Å²) in [4.78, 5) is 20.3. The molecule has 4 nitrogen and oxygen atoms in total. The van der Waals surface area contributed by atoms with Gasteiger partial charge in [0.15, 0.2) is 0 Å². The summed E-state index contributed by atoms with van der Waals surface area (Å²) in [7, 11) is 1.40. The summed E-state index contributed by atoms with van der Waals surface area (Å²) in [6.07, 6.45) is 1.66. The van der Waals surface area contributed by atoms with Crippen molar-refractivity contribution < 1.29 is 9.63 Å². The Bertz CT molecular complexity index is 491. The smallest absolute Gasteiger partial charge is 0.277 e. The molecule has 0 spiro atoms. The topological polar surface area (TPSA) is 51.2 Å². The van der Waals surface area contributed by atoms with Gasteiger partial charge in [-0.1, -0.05) is 18.2 Å². The first kappa shape index (κ1) is 9.61. The van der Waals surface area contributed by atoms with Crippen LogP contribution in [0, 0.1) is 0 Å². The second kappa shape index (κ2) is 4.06. The van der Waals surface area contributed by atoms with Crippen molar-refractivity contribution in [3.8, 4) is 0 Å². The van der Waals surface area contributed by atoms with E-state index in [1.54, 1.807) is 12.3 Å². The normalized spacial score (nSPS) is 10.2. The number of pyridine rings is 1. The zero-order valence-corrected chi connectivity index (χ0v) is 8.23. The van der Waals surface area contributed by atoms with Gasteiger partial charge in [-0.2, -0.15) is 0 Å². The summed E-state index contributed by atoms with van der Waals surface area (Å²) < 4.78 is 0. The molecule has 1 N–H and O–H groups in total. The van der Waals surface area contributed by atoms with Crippen LogP contribution in [0.1, 0.15) is 10.4 Å². The highest BCUT2D eigenvalue weighted by atomic mass is 16.6. The van der Waals surface area contributed by atoms with Gasteiger partial charge in [-0.3, -0.25) is 14.6 Å². The summed E-state index contributed by atoms with van der Waals surface area (Å²) in [5, 5.41) is 0.932. The van der Waals surface area contributed by atoms with Gasteiger partial charge in [0.05, 0.1) is 18.2 Å². The van der Waals surface area contributed by atoms with Crippen molar-refractivity contribution in [2.45, 2.75) is 0 Å². The van der Waals surface area contributed by atoms with Gasteiger partial charge in [-0.05, 0) is 12.1 Å². The largest absolute Gasteiger partial charge is 0.277 e. The van der Waals surface area contributed by atoms with E-state index in [9.17, 15) is 4.79 Å². The number of hydrogen-bond acceptors (Lipinski definition) is 3. The highest BCUT2D eigenvalue weighted by molar-refractivity contribution is 6.04. The summed E-state index contributed by atoms with van der Waals surface area (Å²) in [5.41, 5.74) is 3.46. The first-order valence-corrected chi connectivity index (χ1v) is 4.50. The number of amides is 1. The van der Waals surface area contributed by atoms with Crippen LogP contribution in [-0.2, 0) is 4.84 Å². The second-order valence-electron chi connectivity index (χ2n) is 3.02. The number of aromatic nitrogens is 1. The molecule has 0 fully saturated rings. The highest BCUT2D eigenvalue weighted by Gasteiger charge is 2.09. The standard InChI is InChI=1S/C11H10N2O2/c1-15-13-11(14)9-6-2-4-8-5-3-7-12-10(8)9/h2-7H,1H3,(H,13,14). The molecular formula is C11H10N2O2. The number of hydrogen-bond donors (Lipinski definition) is 1. The van der Waals surface area contributed by atoms with E-state index in [0.717, 1.165) is 5.39 Å². The summed E-state index contributed by atoms with van der Waals surface area (Å²) in [6, 6.07) is 9.18. The van der Waals surface area contributed by atoms with Crippen molar-refractivity contribution in [2.75, 3.05) is 7.11 Å². The van der Waals surface area contributed by atoms with Gasteiger partial charge < -0.3 is 0 Å². The van der Waals surface area contributed by atoms with E-state index in [-0.39, 0.29) is 5.91 Å². The van der Waals surface area contributed by atoms with Crippen LogP contribution in [0.25, 0.3) is 10.9 Å². The van der Waals surface area contributed by atoms with Crippen LogP contribution in [0.5, 0.6) is 0 Å². The van der Waals surface area contributed by atoms with Crippen molar-refractivity contribution in [2.24, 2.45) is 0 Å². The van der Waals surface area contributed by atoms with Crippen molar-refractivity contribution >= 4 is 16.8 Å². The Kier molecular flexibility index (Phi) is 2.60. The van der Waals surface area contributed by atoms with E-state index in [2.05, 4.69) is 15.3 Å². The Morgan fingerprint density at radius 2 is 2.13 bits per heavy atom. The van der Waals surface area contributed by atoms with E-state index in [1.165, 1.54) is 7.11 Å². The zero-order chi connectivity index (χ0) is 10.7. The fourth-order valence-corrected chi connectivity index (χ4v) is 1.44. The molecule has 0 atom stereocenters. The van der Waals surface area contributed by atoms with Crippen molar-refractivity contribution in [1.82, 2.24) is 10.5 Å². The minimum atomic E-state index is -0.290. The average molecular weight is 202 g/mol. The molecule has 0 saturated heterocycles. The quantitative estimate of drug-likeness (QED) is 0.751. The molecule has 2 aromatic rings. The summed E-state index contributed by atoms with van der Waals surface area (Å²) in [5.74, 6) is -0.290. The molecule has 0 saturated carbocycles. The van der Waals surface area contributed by atoms with Crippen molar-refractivity contribution in [3.63, 3.8) is 0 Å². The van der Waals surface area contributed by atoms with Crippen LogP contribution < -0.4 is 5.48 Å². The highest BCUT2D eigenvalue weighted by Crippen LogP contribution is 2.15. The van der Waals surface area contributed by atoms with Gasteiger partial charge >= 0.3 is 0 Å². The Balaban J connectivity index is 2.56. The molecule has 1 amide bonds. The van der Waals surface area contributed by atoms with E-state index < -0.39 is 0 Å². The van der Waals surface area contributed by atoms with Crippen molar-refractivity contribution in [3.05, 3.63) is 42.1 Å². The Hall–Kier alpha value is -1.94. The number of nitrogens with one attached hydrogen (secondary N) is 1. The molecule has 0 aliphatic rings. The zero-order valence-electron chi connectivity index (χ0n) is 8.23. The molecule has 1 aromatic carbocycles. The maximum absolute atomic E-state index is 11.6. The average Bonchev–Trinajstić information content (AvgIpc) is 2.28. The Labute approximate surface area is 86.8 Å². The molecular weight excluding hydrogens is 192 g/mol. The third-order valence-electron chi connectivity index (χ3n) is 2.07. The Morgan fingerprint density at radius 1 is 1.33 bits per heavy atom. The van der Waals surface area contributed by atoms with Crippen molar-refractivity contribution in [1.29, 1.82) is 0 Å². The fourth-order valence-electron chi connectivity index (χ4n) is 1.44. The number of benzene rings is 1. The number of carbonyl (C=O) groups is 1. The monoisotopic (exact) mass is 202 g/mol. The number of fused-ring (bicyclic) bond motifs is 1. The Morgan fingerprint density at radius 3 is 2.93 bits per heavy atom. The van der Waals surface area contributed by atoms with Crippen LogP contribution in [0.15, 0.2) is 36.5 Å². The third kappa shape index (κ3) is 1.80. The van der Waals surface area contributed by atoms with Gasteiger partial charge in [0, 0.05) is 11.6 Å². The predicted molar refractivity (Wildman–Crippen MR) is 56.2 cm³/mol. The third-order valence-corrected chi connectivity index (χ3v) is 2.07. The molecule has 15 heavy (non-hydrogen) atoms. The van der Waals surface area contributed by atoms with E-state index in [1.807, 2.05) is 24.3 Å². The summed E-state index contributed by atoms with van der Waals surface area (Å²) in [6.45, 7) is 0. The lowest BCUT2D eigenvalue weighted by molar-refractivity contribution is 0.0539. The number of carbonyl (C=O) groups excluding carboxylic acids is 1. The second-order valence-corrected chi connectivity index (χ2v) is 3.02. The molecule has 2 rings (SSSR count). The van der Waals surface area contributed by atoms with Gasteiger partial charge in [-0.25, -0.2) is 5.48 Å². The minimum Gasteiger partial charge on any atom is -0.277 e. The molecule has 1 aromatic heterocycles. The molecule has 0 bridgehead atoms. The fraction of sp³-hybridized carbons (Fsp3) is 0.0909. The van der Waals surface area contributed by atoms with Gasteiger partial charge in [0.2, 0.25) is 0 Å². The molecule has 0 aliphatic carbocycles. The number of nitrogens with zero attached hydrogens (tertiary/aromatic N) is 1. The first-order chi connectivity index (χ1) is 7.33. The molecule has 76 valence electrons. The van der Waals surface area contributed by atoms with Crippen LogP contribution in [0.2, 0.25) is 0 Å².